The van der Waals surface area contributed by atoms with Crippen LogP contribution in [-0.4, -0.2) is 50.7 Å². The third-order valence-corrected chi connectivity index (χ3v) is 8.38. The Morgan fingerprint density at radius 3 is 1.61 bits per heavy atom. The molecule has 1 atom stereocenters. The third kappa shape index (κ3) is 8.17. The molecule has 0 saturated carbocycles. The van der Waals surface area contributed by atoms with Crippen molar-refractivity contribution in [2.24, 2.45) is 0 Å². The zero-order valence-corrected chi connectivity index (χ0v) is 26.5. The quantitative estimate of drug-likeness (QED) is 0.0700. The molecule has 5 rings (SSSR count). The van der Waals surface area contributed by atoms with Gasteiger partial charge in [0.1, 0.15) is 6.04 Å². The Morgan fingerprint density at radius 2 is 1.10 bits per heavy atom. The lowest BCUT2D eigenvalue weighted by Crippen LogP contribution is -2.47. The van der Waals surface area contributed by atoms with Gasteiger partial charge in [0.2, 0.25) is 11.8 Å². The molecule has 7 N–H and O–H groups in total. The van der Waals surface area contributed by atoms with Gasteiger partial charge in [-0.3, -0.25) is 14.4 Å². The van der Waals surface area contributed by atoms with Crippen molar-refractivity contribution >= 4 is 17.7 Å². The third-order valence-electron chi connectivity index (χ3n) is 8.38. The maximum Gasteiger partial charge on any atom is 0.252 e. The summed E-state index contributed by atoms with van der Waals surface area (Å²) in [6, 6.07) is 36.2. The van der Waals surface area contributed by atoms with Gasteiger partial charge in [-0.2, -0.15) is 0 Å². The van der Waals surface area contributed by atoms with E-state index >= 15 is 0 Å². The molecule has 0 fully saturated rings. The van der Waals surface area contributed by atoms with E-state index in [0.717, 1.165) is 28.8 Å². The van der Waals surface area contributed by atoms with Gasteiger partial charge >= 0.3 is 0 Å². The second-order valence-corrected chi connectivity index (χ2v) is 11.6. The van der Waals surface area contributed by atoms with Gasteiger partial charge in [-0.25, -0.2) is 0 Å². The predicted octanol–water partition coefficient (Wildman–Crippen LogP) is 4.85. The Hall–Kier alpha value is -6.29. The fraction of sp³-hybridized carbons (Fsp3) is 0.154. The molecule has 0 aliphatic rings. The van der Waals surface area contributed by atoms with E-state index < -0.39 is 34.8 Å². The van der Waals surface area contributed by atoms with Gasteiger partial charge < -0.3 is 36.4 Å². The van der Waals surface area contributed by atoms with Crippen molar-refractivity contribution in [2.45, 2.75) is 30.8 Å². The molecule has 0 unspecified atom stereocenters. The standard InChI is InChI=1S/C39H37N3O7/c43-32-19-16-26(22-34(32)45)24-40-38(49)31(42-37(48)27-17-20-33(44)35(46)23-27)18-21-36(47)41-25-39(28-10-4-1-5-11-28,29-12-6-2-7-13-29)30-14-8-3-9-15-30/h1-17,19-20,22-23,31,43-46H,18,21,24-25H2,(H,40,49)(H,41,47)(H,42,48)/t31-/m0/s1. The highest BCUT2D eigenvalue weighted by Crippen LogP contribution is 2.38. The predicted molar refractivity (Wildman–Crippen MR) is 184 cm³/mol. The average molecular weight is 660 g/mol. The van der Waals surface area contributed by atoms with Crippen molar-refractivity contribution in [3.63, 3.8) is 0 Å². The number of hydrogen-bond acceptors (Lipinski definition) is 7. The van der Waals surface area contributed by atoms with E-state index in [2.05, 4.69) is 16.0 Å². The van der Waals surface area contributed by atoms with E-state index in [1.807, 2.05) is 91.0 Å². The molecule has 10 nitrogen and oxygen atoms in total. The van der Waals surface area contributed by atoms with Gasteiger partial charge in [0.15, 0.2) is 23.0 Å². The summed E-state index contributed by atoms with van der Waals surface area (Å²) < 4.78 is 0. The molecule has 250 valence electrons. The zero-order chi connectivity index (χ0) is 34.8. The van der Waals surface area contributed by atoms with Crippen LogP contribution in [0.4, 0.5) is 0 Å². The number of phenols is 4. The van der Waals surface area contributed by atoms with Crippen molar-refractivity contribution in [3.8, 4) is 23.0 Å². The Labute approximate surface area is 283 Å². The van der Waals surface area contributed by atoms with E-state index in [4.69, 9.17) is 0 Å². The normalized spacial score (nSPS) is 11.7. The molecule has 3 amide bonds. The van der Waals surface area contributed by atoms with Crippen LogP contribution >= 0.6 is 0 Å². The number of amides is 3. The Bertz CT molecular complexity index is 1800. The highest BCUT2D eigenvalue weighted by atomic mass is 16.3. The molecule has 0 aromatic heterocycles. The summed E-state index contributed by atoms with van der Waals surface area (Å²) in [5.41, 5.74) is 2.70. The lowest BCUT2D eigenvalue weighted by Gasteiger charge is -2.36. The minimum atomic E-state index is -1.16. The van der Waals surface area contributed by atoms with Crippen molar-refractivity contribution < 1.29 is 34.8 Å². The molecule has 0 bridgehead atoms. The van der Waals surface area contributed by atoms with E-state index in [1.54, 1.807) is 0 Å². The first kappa shape index (κ1) is 34.1. The molecule has 5 aromatic carbocycles. The van der Waals surface area contributed by atoms with Crippen LogP contribution in [0.3, 0.4) is 0 Å². The number of phenolic OH excluding ortho intramolecular Hbond substituents is 4. The van der Waals surface area contributed by atoms with Gasteiger partial charge in [-0.15, -0.1) is 0 Å². The molecule has 0 aliphatic carbocycles. The Kier molecular flexibility index (Phi) is 10.8. The van der Waals surface area contributed by atoms with Crippen LogP contribution in [0.5, 0.6) is 23.0 Å². The summed E-state index contributed by atoms with van der Waals surface area (Å²) in [6.45, 7) is 0.184. The van der Waals surface area contributed by atoms with Crippen molar-refractivity contribution in [1.82, 2.24) is 16.0 Å². The van der Waals surface area contributed by atoms with E-state index in [9.17, 15) is 34.8 Å². The molecule has 5 aromatic rings. The van der Waals surface area contributed by atoms with Gasteiger partial charge in [0.05, 0.1) is 5.41 Å². The lowest BCUT2D eigenvalue weighted by atomic mass is 9.69. The van der Waals surface area contributed by atoms with Crippen LogP contribution in [0.1, 0.15) is 45.5 Å². The largest absolute Gasteiger partial charge is 0.504 e. The molecule has 0 heterocycles. The minimum Gasteiger partial charge on any atom is -0.504 e. The van der Waals surface area contributed by atoms with Gasteiger partial charge in [0.25, 0.3) is 5.91 Å². The Morgan fingerprint density at radius 1 is 0.592 bits per heavy atom. The Balaban J connectivity index is 1.35. The first-order valence-corrected chi connectivity index (χ1v) is 15.7. The summed E-state index contributed by atoms with van der Waals surface area (Å²) in [5, 5.41) is 47.4. The maximum absolute atomic E-state index is 13.5. The van der Waals surface area contributed by atoms with Gasteiger partial charge in [-0.1, -0.05) is 97.1 Å². The van der Waals surface area contributed by atoms with Gasteiger partial charge in [0, 0.05) is 25.1 Å². The number of carbonyl (C=O) groups is 3. The molecule has 0 spiro atoms. The molecular weight excluding hydrogens is 622 g/mol. The fourth-order valence-corrected chi connectivity index (χ4v) is 5.74. The second kappa shape index (κ2) is 15.5. The van der Waals surface area contributed by atoms with Crippen LogP contribution < -0.4 is 16.0 Å². The lowest BCUT2D eigenvalue weighted by molar-refractivity contribution is -0.124. The number of aromatic hydroxyl groups is 4. The second-order valence-electron chi connectivity index (χ2n) is 11.6. The number of rotatable bonds is 13. The summed E-state index contributed by atoms with van der Waals surface area (Å²) in [4.78, 5) is 40.0. The average Bonchev–Trinajstić information content (AvgIpc) is 3.13. The highest BCUT2D eigenvalue weighted by molar-refractivity contribution is 5.98. The number of hydrogen-bond donors (Lipinski definition) is 7. The maximum atomic E-state index is 13.5. The van der Waals surface area contributed by atoms with Crippen LogP contribution in [0.25, 0.3) is 0 Å². The summed E-state index contributed by atoms with van der Waals surface area (Å²) in [5.74, 6) is -3.20. The topological polar surface area (TPSA) is 168 Å². The zero-order valence-electron chi connectivity index (χ0n) is 26.5. The molecule has 0 radical (unpaired) electrons. The first-order chi connectivity index (χ1) is 23.7. The summed E-state index contributed by atoms with van der Waals surface area (Å²) in [7, 11) is 0. The van der Waals surface area contributed by atoms with Crippen LogP contribution in [-0.2, 0) is 21.5 Å². The van der Waals surface area contributed by atoms with Gasteiger partial charge in [-0.05, 0) is 59.0 Å². The molecule has 10 heteroatoms. The monoisotopic (exact) mass is 659 g/mol. The SMILES string of the molecule is O=C(CC[C@H](NC(=O)c1ccc(O)c(O)c1)C(=O)NCc1ccc(O)c(O)c1)NCC(c1ccccc1)(c1ccccc1)c1ccccc1. The van der Waals surface area contributed by atoms with Crippen LogP contribution in [0.2, 0.25) is 0 Å². The van der Waals surface area contributed by atoms with E-state index in [1.165, 1.54) is 24.3 Å². The molecule has 0 aliphatic heterocycles. The number of benzene rings is 5. The summed E-state index contributed by atoms with van der Waals surface area (Å²) >= 11 is 0. The summed E-state index contributed by atoms with van der Waals surface area (Å²) in [6.07, 6.45) is -0.184. The highest BCUT2D eigenvalue weighted by Gasteiger charge is 2.36. The van der Waals surface area contributed by atoms with Crippen LogP contribution in [0.15, 0.2) is 127 Å². The van der Waals surface area contributed by atoms with Crippen molar-refractivity contribution in [1.29, 1.82) is 0 Å². The molecule has 49 heavy (non-hydrogen) atoms. The smallest absolute Gasteiger partial charge is 0.252 e. The van der Waals surface area contributed by atoms with Crippen molar-refractivity contribution in [2.75, 3.05) is 6.54 Å². The van der Waals surface area contributed by atoms with Crippen molar-refractivity contribution in [3.05, 3.63) is 155 Å². The number of nitrogens with one attached hydrogen (secondary N) is 3. The fourth-order valence-electron chi connectivity index (χ4n) is 5.74. The van der Waals surface area contributed by atoms with E-state index in [0.29, 0.717) is 5.56 Å². The first-order valence-electron chi connectivity index (χ1n) is 15.7. The van der Waals surface area contributed by atoms with E-state index in [-0.39, 0.29) is 48.9 Å². The molecular formula is C39H37N3O7. The molecule has 0 saturated heterocycles. The van der Waals surface area contributed by atoms with Crippen LogP contribution in [0, 0.1) is 0 Å². The number of carbonyl (C=O) groups excluding carboxylic acids is 3. The minimum absolute atomic E-state index is 0.000578.